The third-order valence-corrected chi connectivity index (χ3v) is 2.49. The summed E-state index contributed by atoms with van der Waals surface area (Å²) in [6.07, 6.45) is 7.46. The summed E-state index contributed by atoms with van der Waals surface area (Å²) in [5.41, 5.74) is 3.88. The van der Waals surface area contributed by atoms with Gasteiger partial charge in [-0.05, 0) is 24.8 Å². The van der Waals surface area contributed by atoms with Gasteiger partial charge in [-0.1, -0.05) is 46.1 Å². The van der Waals surface area contributed by atoms with Crippen molar-refractivity contribution < 1.29 is 5.11 Å². The molecule has 82 valence electrons. The number of aliphatic hydroxyl groups excluding tert-OH is 1. The van der Waals surface area contributed by atoms with Crippen molar-refractivity contribution in [2.45, 2.75) is 64.9 Å². The van der Waals surface area contributed by atoms with E-state index in [4.69, 9.17) is 0 Å². The Labute approximate surface area is 88.5 Å². The van der Waals surface area contributed by atoms with Crippen LogP contribution in [0.4, 0.5) is 0 Å². The molecular weight excluding hydrogens is 172 g/mol. The monoisotopic (exact) mass is 196 g/mol. The quantitative estimate of drug-likeness (QED) is 0.462. The highest BCUT2D eigenvalue weighted by Crippen LogP contribution is 2.15. The van der Waals surface area contributed by atoms with E-state index >= 15 is 0 Å². The molecule has 0 aliphatic heterocycles. The van der Waals surface area contributed by atoms with Crippen molar-refractivity contribution in [3.63, 3.8) is 0 Å². The first-order valence-electron chi connectivity index (χ1n) is 5.83. The van der Waals surface area contributed by atoms with Crippen molar-refractivity contribution in [1.29, 1.82) is 0 Å². The fourth-order valence-corrected chi connectivity index (χ4v) is 1.56. The Bertz CT molecular complexity index is 178. The van der Waals surface area contributed by atoms with E-state index < -0.39 is 0 Å². The Balaban J connectivity index is 3.75. The Morgan fingerprint density at radius 1 is 1.21 bits per heavy atom. The predicted molar refractivity (Wildman–Crippen MR) is 62.3 cm³/mol. The number of aliphatic hydroxyl groups is 1. The normalized spacial score (nSPS) is 12.2. The van der Waals surface area contributed by atoms with Gasteiger partial charge < -0.3 is 5.11 Å². The van der Waals surface area contributed by atoms with E-state index in [0.717, 1.165) is 31.3 Å². The van der Waals surface area contributed by atoms with Gasteiger partial charge in [-0.15, -0.1) is 5.73 Å². The molecule has 1 N–H and O–H groups in total. The first kappa shape index (κ1) is 13.5. The minimum Gasteiger partial charge on any atom is -0.388 e. The van der Waals surface area contributed by atoms with Crippen LogP contribution in [-0.2, 0) is 0 Å². The van der Waals surface area contributed by atoms with Crippen LogP contribution < -0.4 is 0 Å². The van der Waals surface area contributed by atoms with E-state index in [1.165, 1.54) is 19.3 Å². The molecular formula is C13H24O. The van der Waals surface area contributed by atoms with Gasteiger partial charge in [0, 0.05) is 0 Å². The van der Waals surface area contributed by atoms with Crippen LogP contribution in [0.3, 0.4) is 0 Å². The maximum atomic E-state index is 9.73. The lowest BCUT2D eigenvalue weighted by atomic mass is 10.00. The molecule has 0 aromatic rings. The molecule has 0 aliphatic rings. The fraction of sp³-hybridized carbons (Fsp3) is 0.769. The summed E-state index contributed by atoms with van der Waals surface area (Å²) in [7, 11) is 0. The van der Waals surface area contributed by atoms with Crippen molar-refractivity contribution in [1.82, 2.24) is 0 Å². The van der Waals surface area contributed by atoms with Gasteiger partial charge >= 0.3 is 0 Å². The maximum absolute atomic E-state index is 9.73. The van der Waals surface area contributed by atoms with Crippen LogP contribution in [0, 0.1) is 0 Å². The van der Waals surface area contributed by atoms with Gasteiger partial charge in [0.1, 0.15) is 0 Å². The maximum Gasteiger partial charge on any atom is 0.0823 e. The van der Waals surface area contributed by atoms with E-state index in [0.29, 0.717) is 0 Å². The lowest BCUT2D eigenvalue weighted by Crippen LogP contribution is -2.09. The van der Waals surface area contributed by atoms with Crippen LogP contribution in [0.15, 0.2) is 17.9 Å². The molecule has 0 aromatic carbocycles. The Morgan fingerprint density at radius 3 is 2.43 bits per heavy atom. The summed E-state index contributed by atoms with van der Waals surface area (Å²) < 4.78 is 0. The van der Waals surface area contributed by atoms with Gasteiger partial charge in [0.15, 0.2) is 0 Å². The third kappa shape index (κ3) is 6.01. The second-order valence-corrected chi connectivity index (χ2v) is 3.82. The largest absolute Gasteiger partial charge is 0.388 e. The van der Waals surface area contributed by atoms with Crippen LogP contribution in [-0.4, -0.2) is 11.2 Å². The molecule has 0 heterocycles. The van der Waals surface area contributed by atoms with Crippen LogP contribution >= 0.6 is 0 Å². The zero-order valence-corrected chi connectivity index (χ0v) is 9.68. The van der Waals surface area contributed by atoms with Crippen molar-refractivity contribution in [2.75, 3.05) is 0 Å². The standard InChI is InChI=1S/C13H24O/c1-4-7-8-9-11-12(6-3)13(14)10-5-2/h13-14H,3-5,7-11H2,1-2H3/t13-/m1/s1. The lowest BCUT2D eigenvalue weighted by Gasteiger charge is -2.11. The molecule has 0 unspecified atom stereocenters. The number of hydrogen-bond donors (Lipinski definition) is 1. The van der Waals surface area contributed by atoms with Crippen molar-refractivity contribution >= 4 is 0 Å². The highest BCUT2D eigenvalue weighted by molar-refractivity contribution is 5.05. The lowest BCUT2D eigenvalue weighted by molar-refractivity contribution is 0.195. The minimum atomic E-state index is -0.306. The average molecular weight is 196 g/mol. The molecule has 0 radical (unpaired) electrons. The molecule has 0 aromatic heterocycles. The second kappa shape index (κ2) is 9.05. The summed E-state index contributed by atoms with van der Waals surface area (Å²) in [5.74, 6) is 0. The molecule has 0 saturated carbocycles. The van der Waals surface area contributed by atoms with Crippen LogP contribution in [0.5, 0.6) is 0 Å². The number of rotatable bonds is 8. The topological polar surface area (TPSA) is 20.2 Å². The Kier molecular flexibility index (Phi) is 8.72. The minimum absolute atomic E-state index is 0.306. The Hall–Kier alpha value is -0.520. The molecule has 0 amide bonds. The second-order valence-electron chi connectivity index (χ2n) is 3.82. The van der Waals surface area contributed by atoms with Gasteiger partial charge in [-0.25, -0.2) is 0 Å². The molecule has 14 heavy (non-hydrogen) atoms. The SMILES string of the molecule is C=C=C(CCCCCC)[C@H](O)CCC. The molecule has 0 bridgehead atoms. The summed E-state index contributed by atoms with van der Waals surface area (Å²) in [6.45, 7) is 7.93. The van der Waals surface area contributed by atoms with E-state index in [9.17, 15) is 5.11 Å². The van der Waals surface area contributed by atoms with E-state index in [1.54, 1.807) is 0 Å². The van der Waals surface area contributed by atoms with Gasteiger partial charge in [-0.3, -0.25) is 0 Å². The average Bonchev–Trinajstić information content (AvgIpc) is 2.18. The molecule has 1 nitrogen and oxygen atoms in total. The highest BCUT2D eigenvalue weighted by atomic mass is 16.3. The predicted octanol–water partition coefficient (Wildman–Crippen LogP) is 3.83. The summed E-state index contributed by atoms with van der Waals surface area (Å²) in [5, 5.41) is 9.73. The number of hydrogen-bond acceptors (Lipinski definition) is 1. The van der Waals surface area contributed by atoms with Gasteiger partial charge in [0.2, 0.25) is 0 Å². The van der Waals surface area contributed by atoms with E-state index in [2.05, 4.69) is 26.2 Å². The number of unbranched alkanes of at least 4 members (excludes halogenated alkanes) is 3. The highest BCUT2D eigenvalue weighted by Gasteiger charge is 2.08. The molecule has 0 spiro atoms. The molecule has 0 fully saturated rings. The van der Waals surface area contributed by atoms with E-state index in [1.807, 2.05) is 0 Å². The molecule has 0 saturated heterocycles. The van der Waals surface area contributed by atoms with Crippen molar-refractivity contribution in [2.24, 2.45) is 0 Å². The first-order valence-corrected chi connectivity index (χ1v) is 5.83. The van der Waals surface area contributed by atoms with Gasteiger partial charge in [0.25, 0.3) is 0 Å². The Morgan fingerprint density at radius 2 is 1.93 bits per heavy atom. The van der Waals surface area contributed by atoms with Gasteiger partial charge in [-0.2, -0.15) is 0 Å². The zero-order valence-electron chi connectivity index (χ0n) is 9.68. The van der Waals surface area contributed by atoms with E-state index in [-0.39, 0.29) is 6.10 Å². The smallest absolute Gasteiger partial charge is 0.0823 e. The van der Waals surface area contributed by atoms with Crippen LogP contribution in [0.25, 0.3) is 0 Å². The van der Waals surface area contributed by atoms with Crippen molar-refractivity contribution in [3.8, 4) is 0 Å². The summed E-state index contributed by atoms with van der Waals surface area (Å²) in [4.78, 5) is 0. The molecule has 1 heteroatoms. The molecule has 1 atom stereocenters. The summed E-state index contributed by atoms with van der Waals surface area (Å²) in [6, 6.07) is 0. The fourth-order valence-electron chi connectivity index (χ4n) is 1.56. The van der Waals surface area contributed by atoms with Gasteiger partial charge in [0.05, 0.1) is 6.10 Å². The molecule has 0 rings (SSSR count). The first-order chi connectivity index (χ1) is 6.76. The van der Waals surface area contributed by atoms with Crippen LogP contribution in [0.1, 0.15) is 58.8 Å². The zero-order chi connectivity index (χ0) is 10.8. The van der Waals surface area contributed by atoms with Crippen LogP contribution in [0.2, 0.25) is 0 Å². The molecule has 0 aliphatic carbocycles. The van der Waals surface area contributed by atoms with Crippen molar-refractivity contribution in [3.05, 3.63) is 17.9 Å². The summed E-state index contributed by atoms with van der Waals surface area (Å²) >= 11 is 0. The third-order valence-electron chi connectivity index (χ3n) is 2.49.